The standard InChI is InChI=1S/C17H18N4O/c1-11-13-7-12(16-5-6-20-21(16)2)3-4-17(13)22-9-14(11)15-8-18-10-19-15/h3-8,10-11,14H,9H2,1-2H3,(H,18,19)/t11-,14?/m0/s1. The predicted octanol–water partition coefficient (Wildman–Crippen LogP) is 3.09. The number of benzene rings is 1. The van der Waals surface area contributed by atoms with Gasteiger partial charge in [-0.05, 0) is 35.7 Å². The molecule has 1 aliphatic heterocycles. The summed E-state index contributed by atoms with van der Waals surface area (Å²) in [7, 11) is 1.96. The second kappa shape index (κ2) is 5.02. The first-order chi connectivity index (χ1) is 10.7. The quantitative estimate of drug-likeness (QED) is 0.790. The number of aromatic amines is 1. The summed E-state index contributed by atoms with van der Waals surface area (Å²) < 4.78 is 7.85. The minimum absolute atomic E-state index is 0.278. The minimum Gasteiger partial charge on any atom is -0.493 e. The smallest absolute Gasteiger partial charge is 0.122 e. The number of rotatable bonds is 2. The molecule has 0 saturated carbocycles. The summed E-state index contributed by atoms with van der Waals surface area (Å²) in [6.45, 7) is 2.91. The van der Waals surface area contributed by atoms with E-state index in [-0.39, 0.29) is 5.92 Å². The van der Waals surface area contributed by atoms with E-state index in [0.717, 1.165) is 22.7 Å². The van der Waals surface area contributed by atoms with Crippen LogP contribution in [0.5, 0.6) is 5.75 Å². The Kier molecular flexibility index (Phi) is 2.99. The van der Waals surface area contributed by atoms with Crippen molar-refractivity contribution >= 4 is 0 Å². The molecule has 1 aromatic carbocycles. The number of imidazole rings is 1. The number of hydrogen-bond acceptors (Lipinski definition) is 3. The number of aryl methyl sites for hydroxylation is 1. The zero-order valence-electron chi connectivity index (χ0n) is 12.7. The molecule has 3 aromatic rings. The fourth-order valence-electron chi connectivity index (χ4n) is 3.21. The van der Waals surface area contributed by atoms with E-state index in [4.69, 9.17) is 4.74 Å². The van der Waals surface area contributed by atoms with Crippen molar-refractivity contribution in [3.63, 3.8) is 0 Å². The minimum atomic E-state index is 0.278. The SMILES string of the molecule is C[C@H]1c2cc(-c3ccnn3C)ccc2OCC1c1c[nH]cn1. The Morgan fingerprint density at radius 1 is 1.32 bits per heavy atom. The molecular formula is C17H18N4O. The van der Waals surface area contributed by atoms with Gasteiger partial charge in [-0.25, -0.2) is 4.98 Å². The van der Waals surface area contributed by atoms with E-state index in [9.17, 15) is 0 Å². The van der Waals surface area contributed by atoms with Crippen molar-refractivity contribution in [2.24, 2.45) is 7.05 Å². The van der Waals surface area contributed by atoms with Crippen molar-refractivity contribution in [3.8, 4) is 17.0 Å². The third kappa shape index (κ3) is 2.01. The van der Waals surface area contributed by atoms with Crippen molar-refractivity contribution < 1.29 is 4.74 Å². The molecule has 0 aliphatic carbocycles. The average Bonchev–Trinajstić information content (AvgIpc) is 3.19. The maximum absolute atomic E-state index is 5.96. The topological polar surface area (TPSA) is 55.7 Å². The molecule has 1 unspecified atom stereocenters. The monoisotopic (exact) mass is 294 g/mol. The van der Waals surface area contributed by atoms with Crippen LogP contribution in [0.2, 0.25) is 0 Å². The third-order valence-electron chi connectivity index (χ3n) is 4.54. The molecule has 0 bridgehead atoms. The van der Waals surface area contributed by atoms with Crippen molar-refractivity contribution in [1.29, 1.82) is 0 Å². The first kappa shape index (κ1) is 13.1. The molecule has 0 spiro atoms. The highest BCUT2D eigenvalue weighted by Gasteiger charge is 2.30. The Balaban J connectivity index is 1.75. The molecule has 0 amide bonds. The van der Waals surface area contributed by atoms with E-state index in [2.05, 4.69) is 40.2 Å². The van der Waals surface area contributed by atoms with Gasteiger partial charge in [0.1, 0.15) is 5.75 Å². The van der Waals surface area contributed by atoms with Crippen LogP contribution in [-0.2, 0) is 7.05 Å². The van der Waals surface area contributed by atoms with Crippen LogP contribution in [0.4, 0.5) is 0 Å². The van der Waals surface area contributed by atoms with Crippen LogP contribution in [0.15, 0.2) is 43.0 Å². The summed E-state index contributed by atoms with van der Waals surface area (Å²) >= 11 is 0. The summed E-state index contributed by atoms with van der Waals surface area (Å²) in [5, 5.41) is 4.25. The lowest BCUT2D eigenvalue weighted by Crippen LogP contribution is -2.23. The van der Waals surface area contributed by atoms with Gasteiger partial charge in [-0.1, -0.05) is 6.92 Å². The molecule has 5 heteroatoms. The molecular weight excluding hydrogens is 276 g/mol. The van der Waals surface area contributed by atoms with Gasteiger partial charge in [0.25, 0.3) is 0 Å². The first-order valence-electron chi connectivity index (χ1n) is 7.48. The highest BCUT2D eigenvalue weighted by molar-refractivity contribution is 5.63. The maximum atomic E-state index is 5.96. The Labute approximate surface area is 129 Å². The number of aromatic nitrogens is 4. The maximum Gasteiger partial charge on any atom is 0.122 e. The van der Waals surface area contributed by atoms with Gasteiger partial charge >= 0.3 is 0 Å². The van der Waals surface area contributed by atoms with Crippen LogP contribution >= 0.6 is 0 Å². The fourth-order valence-corrected chi connectivity index (χ4v) is 3.21. The largest absolute Gasteiger partial charge is 0.493 e. The summed E-state index contributed by atoms with van der Waals surface area (Å²) in [4.78, 5) is 7.43. The lowest BCUT2D eigenvalue weighted by atomic mass is 9.83. The van der Waals surface area contributed by atoms with Crippen LogP contribution in [-0.4, -0.2) is 26.4 Å². The van der Waals surface area contributed by atoms with Gasteiger partial charge in [0.15, 0.2) is 0 Å². The van der Waals surface area contributed by atoms with Crippen molar-refractivity contribution in [3.05, 3.63) is 54.2 Å². The number of fused-ring (bicyclic) bond motifs is 1. The van der Waals surface area contributed by atoms with Gasteiger partial charge in [0.05, 0.1) is 24.3 Å². The molecule has 4 rings (SSSR count). The number of ether oxygens (including phenoxy) is 1. The van der Waals surface area contributed by atoms with E-state index < -0.39 is 0 Å². The lowest BCUT2D eigenvalue weighted by Gasteiger charge is -2.30. The van der Waals surface area contributed by atoms with Crippen LogP contribution < -0.4 is 4.74 Å². The summed E-state index contributed by atoms with van der Waals surface area (Å²) in [6.07, 6.45) is 5.51. The Morgan fingerprint density at radius 3 is 2.95 bits per heavy atom. The van der Waals surface area contributed by atoms with E-state index >= 15 is 0 Å². The lowest BCUT2D eigenvalue weighted by molar-refractivity contribution is 0.241. The molecule has 0 radical (unpaired) electrons. The molecule has 0 fully saturated rings. The van der Waals surface area contributed by atoms with Crippen LogP contribution in [0.1, 0.15) is 30.0 Å². The summed E-state index contributed by atoms with van der Waals surface area (Å²) in [6, 6.07) is 8.41. The molecule has 1 aliphatic rings. The second-order valence-corrected chi connectivity index (χ2v) is 5.79. The number of hydrogen-bond donors (Lipinski definition) is 1. The normalized spacial score (nSPS) is 20.5. The average molecular weight is 294 g/mol. The Hall–Kier alpha value is -2.56. The Morgan fingerprint density at radius 2 is 2.23 bits per heavy atom. The van der Waals surface area contributed by atoms with Gasteiger partial charge in [-0.3, -0.25) is 4.68 Å². The Bertz CT molecular complexity index is 791. The van der Waals surface area contributed by atoms with E-state index in [0.29, 0.717) is 12.5 Å². The summed E-state index contributed by atoms with van der Waals surface area (Å²) in [5.41, 5.74) is 4.57. The zero-order valence-corrected chi connectivity index (χ0v) is 12.7. The molecule has 1 N–H and O–H groups in total. The van der Waals surface area contributed by atoms with Gasteiger partial charge in [0, 0.05) is 30.9 Å². The van der Waals surface area contributed by atoms with Crippen LogP contribution in [0, 0.1) is 0 Å². The first-order valence-corrected chi connectivity index (χ1v) is 7.48. The van der Waals surface area contributed by atoms with Crippen molar-refractivity contribution in [1.82, 2.24) is 19.7 Å². The van der Waals surface area contributed by atoms with Crippen LogP contribution in [0.25, 0.3) is 11.3 Å². The molecule has 2 atom stereocenters. The third-order valence-corrected chi connectivity index (χ3v) is 4.54. The number of nitrogens with one attached hydrogen (secondary N) is 1. The zero-order chi connectivity index (χ0) is 15.1. The van der Waals surface area contributed by atoms with Crippen molar-refractivity contribution in [2.45, 2.75) is 18.8 Å². The van der Waals surface area contributed by atoms with Gasteiger partial charge in [-0.15, -0.1) is 0 Å². The number of H-pyrrole nitrogens is 1. The van der Waals surface area contributed by atoms with Gasteiger partial charge in [0.2, 0.25) is 0 Å². The molecule has 5 nitrogen and oxygen atoms in total. The summed E-state index contributed by atoms with van der Waals surface area (Å²) in [5.74, 6) is 1.62. The molecule has 2 aromatic heterocycles. The molecule has 112 valence electrons. The molecule has 22 heavy (non-hydrogen) atoms. The predicted molar refractivity (Wildman–Crippen MR) is 83.9 cm³/mol. The van der Waals surface area contributed by atoms with E-state index in [1.807, 2.05) is 30.2 Å². The van der Waals surface area contributed by atoms with Crippen LogP contribution in [0.3, 0.4) is 0 Å². The van der Waals surface area contributed by atoms with Crippen molar-refractivity contribution in [2.75, 3.05) is 6.61 Å². The van der Waals surface area contributed by atoms with Gasteiger partial charge < -0.3 is 9.72 Å². The fraction of sp³-hybridized carbons (Fsp3) is 0.294. The highest BCUT2D eigenvalue weighted by Crippen LogP contribution is 2.42. The van der Waals surface area contributed by atoms with E-state index in [1.165, 1.54) is 5.56 Å². The molecule has 3 heterocycles. The number of nitrogens with zero attached hydrogens (tertiary/aromatic N) is 3. The molecule has 0 saturated heterocycles. The van der Waals surface area contributed by atoms with E-state index in [1.54, 1.807) is 6.33 Å². The van der Waals surface area contributed by atoms with Gasteiger partial charge in [-0.2, -0.15) is 5.10 Å². The second-order valence-electron chi connectivity index (χ2n) is 5.79. The highest BCUT2D eigenvalue weighted by atomic mass is 16.5.